The number of pyridine rings is 1. The van der Waals surface area contributed by atoms with Crippen molar-refractivity contribution in [2.24, 2.45) is 4.99 Å². The Morgan fingerprint density at radius 3 is 2.59 bits per heavy atom. The van der Waals surface area contributed by atoms with Gasteiger partial charge in [-0.05, 0) is 32.8 Å². The van der Waals surface area contributed by atoms with Crippen molar-refractivity contribution in [2.75, 3.05) is 13.1 Å². The molecule has 1 rings (SSSR count). The monoisotopic (exact) mass is 420 g/mol. The number of guanidine groups is 1. The average molecular weight is 420 g/mol. The molecular weight excluding hydrogens is 391 g/mol. The van der Waals surface area contributed by atoms with Gasteiger partial charge in [0.1, 0.15) is 0 Å². The molecular formula is C16H29IN4O. The van der Waals surface area contributed by atoms with Crippen molar-refractivity contribution in [3.05, 3.63) is 23.9 Å². The van der Waals surface area contributed by atoms with E-state index in [1.165, 1.54) is 6.42 Å². The van der Waals surface area contributed by atoms with E-state index in [1.54, 1.807) is 0 Å². The summed E-state index contributed by atoms with van der Waals surface area (Å²) in [6.07, 6.45) is 4.28. The van der Waals surface area contributed by atoms with Gasteiger partial charge in [0.25, 0.3) is 0 Å². The highest BCUT2D eigenvalue weighted by Crippen LogP contribution is 2.10. The van der Waals surface area contributed by atoms with E-state index < -0.39 is 0 Å². The largest absolute Gasteiger partial charge is 0.475 e. The smallest absolute Gasteiger partial charge is 0.213 e. The van der Waals surface area contributed by atoms with Crippen LogP contribution < -0.4 is 15.4 Å². The lowest BCUT2D eigenvalue weighted by atomic mass is 10.3. The Balaban J connectivity index is 0.00000441. The van der Waals surface area contributed by atoms with Gasteiger partial charge in [-0.25, -0.2) is 9.98 Å². The average Bonchev–Trinajstić information content (AvgIpc) is 2.46. The van der Waals surface area contributed by atoms with Gasteiger partial charge >= 0.3 is 0 Å². The number of halogens is 1. The molecule has 0 aromatic carbocycles. The highest BCUT2D eigenvalue weighted by atomic mass is 127. The summed E-state index contributed by atoms with van der Waals surface area (Å²) in [7, 11) is 0. The molecule has 6 heteroatoms. The minimum Gasteiger partial charge on any atom is -0.475 e. The van der Waals surface area contributed by atoms with E-state index in [9.17, 15) is 0 Å². The highest BCUT2D eigenvalue weighted by molar-refractivity contribution is 14.0. The van der Waals surface area contributed by atoms with E-state index in [1.807, 2.05) is 32.2 Å². The van der Waals surface area contributed by atoms with Crippen LogP contribution >= 0.6 is 24.0 Å². The molecule has 1 heterocycles. The molecule has 5 nitrogen and oxygen atoms in total. The van der Waals surface area contributed by atoms with Gasteiger partial charge in [-0.2, -0.15) is 0 Å². The van der Waals surface area contributed by atoms with Gasteiger partial charge in [0, 0.05) is 25.4 Å². The summed E-state index contributed by atoms with van der Waals surface area (Å²) in [6, 6.07) is 3.89. The van der Waals surface area contributed by atoms with Crippen molar-refractivity contribution >= 4 is 29.9 Å². The van der Waals surface area contributed by atoms with Gasteiger partial charge in [-0.15, -0.1) is 24.0 Å². The number of unbranched alkanes of at least 4 members (excludes halogenated alkanes) is 1. The van der Waals surface area contributed by atoms with Crippen LogP contribution in [0.5, 0.6) is 5.88 Å². The second-order valence-corrected chi connectivity index (χ2v) is 5.15. The number of nitrogens with zero attached hydrogens (tertiary/aromatic N) is 2. The summed E-state index contributed by atoms with van der Waals surface area (Å²) < 4.78 is 5.53. The second kappa shape index (κ2) is 12.5. The zero-order chi connectivity index (χ0) is 15.5. The summed E-state index contributed by atoms with van der Waals surface area (Å²) in [5.74, 6) is 1.51. The van der Waals surface area contributed by atoms with Crippen LogP contribution in [0.1, 0.15) is 46.1 Å². The Morgan fingerprint density at radius 1 is 1.27 bits per heavy atom. The molecule has 0 aliphatic heterocycles. The minimum atomic E-state index is 0. The van der Waals surface area contributed by atoms with Crippen LogP contribution in [0.2, 0.25) is 0 Å². The lowest BCUT2D eigenvalue weighted by Gasteiger charge is -2.11. The van der Waals surface area contributed by atoms with Crippen molar-refractivity contribution in [3.63, 3.8) is 0 Å². The Bertz CT molecular complexity index is 421. The number of hydrogen-bond acceptors (Lipinski definition) is 3. The van der Waals surface area contributed by atoms with E-state index in [0.717, 1.165) is 31.0 Å². The van der Waals surface area contributed by atoms with Crippen LogP contribution in [0.4, 0.5) is 0 Å². The zero-order valence-corrected chi connectivity index (χ0v) is 16.4. The third kappa shape index (κ3) is 9.07. The number of rotatable bonds is 8. The fourth-order valence-corrected chi connectivity index (χ4v) is 1.71. The summed E-state index contributed by atoms with van der Waals surface area (Å²) in [6.45, 7) is 10.6. The normalized spacial score (nSPS) is 11.0. The Kier molecular flexibility index (Phi) is 11.9. The highest BCUT2D eigenvalue weighted by Gasteiger charge is 2.00. The van der Waals surface area contributed by atoms with E-state index in [-0.39, 0.29) is 30.1 Å². The quantitative estimate of drug-likeness (QED) is 0.293. The van der Waals surface area contributed by atoms with E-state index in [0.29, 0.717) is 12.4 Å². The van der Waals surface area contributed by atoms with Crippen LogP contribution in [-0.2, 0) is 6.54 Å². The van der Waals surface area contributed by atoms with Crippen LogP contribution in [0, 0.1) is 0 Å². The molecule has 0 radical (unpaired) electrons. The third-order valence-corrected chi connectivity index (χ3v) is 2.74. The second-order valence-electron chi connectivity index (χ2n) is 5.15. The molecule has 0 aliphatic rings. The van der Waals surface area contributed by atoms with Crippen molar-refractivity contribution in [3.8, 4) is 5.88 Å². The number of ether oxygens (including phenoxy) is 1. The van der Waals surface area contributed by atoms with Gasteiger partial charge in [0.05, 0.1) is 12.6 Å². The summed E-state index contributed by atoms with van der Waals surface area (Å²) in [5.41, 5.74) is 1.07. The lowest BCUT2D eigenvalue weighted by molar-refractivity contribution is 0.232. The molecule has 2 N–H and O–H groups in total. The molecule has 1 aromatic rings. The van der Waals surface area contributed by atoms with Gasteiger partial charge in [0.15, 0.2) is 5.96 Å². The van der Waals surface area contributed by atoms with Crippen LogP contribution in [0.15, 0.2) is 23.3 Å². The number of nitrogens with one attached hydrogen (secondary N) is 2. The topological polar surface area (TPSA) is 58.5 Å². The molecule has 0 fully saturated rings. The predicted molar refractivity (Wildman–Crippen MR) is 103 cm³/mol. The maximum absolute atomic E-state index is 5.53. The maximum atomic E-state index is 5.53. The van der Waals surface area contributed by atoms with Crippen molar-refractivity contribution in [1.82, 2.24) is 15.6 Å². The standard InChI is InChI=1S/C16H28N4O.HI/c1-5-7-10-18-16(17-6-2)20-12-14-8-9-15(19-11-14)21-13(3)4;/h8-9,11,13H,5-7,10,12H2,1-4H3,(H2,17,18,20);1H. The van der Waals surface area contributed by atoms with Gasteiger partial charge in [-0.3, -0.25) is 0 Å². The Hall–Kier alpha value is -1.05. The Morgan fingerprint density at radius 2 is 2.05 bits per heavy atom. The third-order valence-electron chi connectivity index (χ3n) is 2.74. The first-order chi connectivity index (χ1) is 10.2. The minimum absolute atomic E-state index is 0. The van der Waals surface area contributed by atoms with E-state index >= 15 is 0 Å². The number of aromatic nitrogens is 1. The molecule has 0 spiro atoms. The van der Waals surface area contributed by atoms with Crippen molar-refractivity contribution in [2.45, 2.75) is 53.2 Å². The van der Waals surface area contributed by atoms with Gasteiger partial charge in [-0.1, -0.05) is 19.4 Å². The first kappa shape index (κ1) is 20.9. The Labute approximate surface area is 151 Å². The summed E-state index contributed by atoms with van der Waals surface area (Å²) >= 11 is 0. The van der Waals surface area contributed by atoms with E-state index in [4.69, 9.17) is 4.74 Å². The number of hydrogen-bond donors (Lipinski definition) is 2. The zero-order valence-electron chi connectivity index (χ0n) is 14.1. The first-order valence-electron chi connectivity index (χ1n) is 7.79. The van der Waals surface area contributed by atoms with Crippen LogP contribution in [0.3, 0.4) is 0 Å². The van der Waals surface area contributed by atoms with Crippen molar-refractivity contribution in [1.29, 1.82) is 0 Å². The fourth-order valence-electron chi connectivity index (χ4n) is 1.71. The SMILES string of the molecule is CCCCNC(=NCc1ccc(OC(C)C)nc1)NCC.I. The van der Waals surface area contributed by atoms with Crippen LogP contribution in [0.25, 0.3) is 0 Å². The molecule has 0 saturated carbocycles. The molecule has 0 bridgehead atoms. The summed E-state index contributed by atoms with van der Waals surface area (Å²) in [4.78, 5) is 8.85. The maximum Gasteiger partial charge on any atom is 0.213 e. The molecule has 22 heavy (non-hydrogen) atoms. The molecule has 0 aliphatic carbocycles. The van der Waals surface area contributed by atoms with Gasteiger partial charge < -0.3 is 15.4 Å². The van der Waals surface area contributed by atoms with E-state index in [2.05, 4.69) is 34.5 Å². The molecule has 0 unspecified atom stereocenters. The van der Waals surface area contributed by atoms with Crippen molar-refractivity contribution < 1.29 is 4.74 Å². The van der Waals surface area contributed by atoms with Crippen LogP contribution in [-0.4, -0.2) is 30.1 Å². The molecule has 126 valence electrons. The number of aliphatic imine (C=N–C) groups is 1. The van der Waals surface area contributed by atoms with Gasteiger partial charge in [0.2, 0.25) is 5.88 Å². The fraction of sp³-hybridized carbons (Fsp3) is 0.625. The lowest BCUT2D eigenvalue weighted by Crippen LogP contribution is -2.37. The molecule has 0 amide bonds. The molecule has 1 aromatic heterocycles. The molecule has 0 atom stereocenters. The molecule has 0 saturated heterocycles. The predicted octanol–water partition coefficient (Wildman–Crippen LogP) is 3.34. The first-order valence-corrected chi connectivity index (χ1v) is 7.79. The summed E-state index contributed by atoms with van der Waals surface area (Å²) in [5, 5.41) is 6.57.